The van der Waals surface area contributed by atoms with Gasteiger partial charge in [0.15, 0.2) is 0 Å². The molecular formula is C19H31F7O2. The summed E-state index contributed by atoms with van der Waals surface area (Å²) < 4.78 is 98.8. The largest absolute Gasteiger partial charge is 0.459 e. The summed E-state index contributed by atoms with van der Waals surface area (Å²) in [5.74, 6) is -11.0. The van der Waals surface area contributed by atoms with Crippen LogP contribution in [0, 0.1) is 0 Å². The predicted molar refractivity (Wildman–Crippen MR) is 91.9 cm³/mol. The van der Waals surface area contributed by atoms with Crippen LogP contribution >= 0.6 is 0 Å². The first kappa shape index (κ1) is 25.5. The molecule has 1 fully saturated rings. The molecule has 1 rings (SSSR count). The van der Waals surface area contributed by atoms with Gasteiger partial charge in [0.25, 0.3) is 0 Å². The fourth-order valence-corrected chi connectivity index (χ4v) is 3.13. The van der Waals surface area contributed by atoms with Gasteiger partial charge in [-0.1, -0.05) is 38.5 Å². The molecule has 168 valence electrons. The number of rotatable bonds is 14. The molecule has 1 heterocycles. The maximum Gasteiger partial charge on any atom is 0.459 e. The summed E-state index contributed by atoms with van der Waals surface area (Å²) >= 11 is 0. The van der Waals surface area contributed by atoms with Crippen molar-refractivity contribution < 1.29 is 40.2 Å². The van der Waals surface area contributed by atoms with Gasteiger partial charge in [-0.3, -0.25) is 0 Å². The van der Waals surface area contributed by atoms with Crippen molar-refractivity contribution in [3.05, 3.63) is 0 Å². The number of unbranched alkanes of at least 4 members (excludes halogenated alkanes) is 7. The molecule has 0 aromatic rings. The zero-order chi connectivity index (χ0) is 21.1. The maximum atomic E-state index is 13.1. The Morgan fingerprint density at radius 2 is 1.32 bits per heavy atom. The van der Waals surface area contributed by atoms with Crippen molar-refractivity contribution in [3.63, 3.8) is 0 Å². The fourth-order valence-electron chi connectivity index (χ4n) is 3.13. The van der Waals surface area contributed by atoms with E-state index in [9.17, 15) is 30.7 Å². The van der Waals surface area contributed by atoms with Crippen LogP contribution in [0.2, 0.25) is 0 Å². The van der Waals surface area contributed by atoms with Crippen molar-refractivity contribution in [3.8, 4) is 0 Å². The van der Waals surface area contributed by atoms with E-state index in [1.54, 1.807) is 0 Å². The lowest BCUT2D eigenvalue weighted by atomic mass is 10.0. The summed E-state index contributed by atoms with van der Waals surface area (Å²) in [7, 11) is 0. The fraction of sp³-hybridized carbons (Fsp3) is 1.00. The molecule has 0 N–H and O–H groups in total. The second-order valence-electron chi connectivity index (χ2n) is 7.42. The van der Waals surface area contributed by atoms with Gasteiger partial charge in [-0.25, -0.2) is 0 Å². The number of ether oxygens (including phenoxy) is 2. The minimum absolute atomic E-state index is 0.206. The van der Waals surface area contributed by atoms with Crippen molar-refractivity contribution in [1.29, 1.82) is 0 Å². The molecule has 1 saturated heterocycles. The molecule has 0 aromatic heterocycles. The van der Waals surface area contributed by atoms with Crippen LogP contribution in [0.5, 0.6) is 0 Å². The zero-order valence-electron chi connectivity index (χ0n) is 16.1. The van der Waals surface area contributed by atoms with Crippen molar-refractivity contribution >= 4 is 0 Å². The van der Waals surface area contributed by atoms with Gasteiger partial charge in [0, 0.05) is 19.6 Å². The summed E-state index contributed by atoms with van der Waals surface area (Å²) in [5.41, 5.74) is 0. The smallest absolute Gasteiger partial charge is 0.379 e. The second-order valence-corrected chi connectivity index (χ2v) is 7.42. The number of hydrogen-bond acceptors (Lipinski definition) is 2. The van der Waals surface area contributed by atoms with Crippen LogP contribution in [0.1, 0.15) is 77.0 Å². The van der Waals surface area contributed by atoms with Gasteiger partial charge in [-0.05, 0) is 32.1 Å². The van der Waals surface area contributed by atoms with Crippen molar-refractivity contribution in [2.75, 3.05) is 19.8 Å². The molecule has 9 heteroatoms. The molecule has 0 aromatic carbocycles. The minimum Gasteiger partial charge on any atom is -0.379 e. The third-order valence-electron chi connectivity index (χ3n) is 4.92. The van der Waals surface area contributed by atoms with Gasteiger partial charge in [0.1, 0.15) is 0 Å². The van der Waals surface area contributed by atoms with E-state index in [1.165, 1.54) is 6.42 Å². The van der Waals surface area contributed by atoms with Gasteiger partial charge < -0.3 is 9.47 Å². The van der Waals surface area contributed by atoms with Crippen LogP contribution in [0.15, 0.2) is 0 Å². The van der Waals surface area contributed by atoms with E-state index in [0.717, 1.165) is 51.6 Å². The molecular weight excluding hydrogens is 393 g/mol. The van der Waals surface area contributed by atoms with Crippen LogP contribution in [-0.2, 0) is 9.47 Å². The highest BCUT2D eigenvalue weighted by Gasteiger charge is 2.72. The van der Waals surface area contributed by atoms with E-state index in [0.29, 0.717) is 19.6 Å². The molecule has 1 atom stereocenters. The SMILES string of the molecule is FC(F)(F)C(F)(F)C(F)(F)CCCCCCCCCCOCC1CCCCO1. The highest BCUT2D eigenvalue weighted by molar-refractivity contribution is 4.90. The standard InChI is InChI=1S/C19H31F7O2/c20-17(21,18(22,23)19(24,25)26)12-8-5-3-1-2-4-6-9-13-27-15-16-11-7-10-14-28-16/h16H,1-15H2. The Bertz CT molecular complexity index is 408. The second kappa shape index (κ2) is 12.2. The molecule has 0 bridgehead atoms. The lowest BCUT2D eigenvalue weighted by molar-refractivity contribution is -0.355. The molecule has 0 amide bonds. The van der Waals surface area contributed by atoms with Crippen molar-refractivity contribution in [2.45, 2.75) is 101 Å². The topological polar surface area (TPSA) is 18.5 Å². The van der Waals surface area contributed by atoms with E-state index in [4.69, 9.17) is 9.47 Å². The van der Waals surface area contributed by atoms with E-state index in [2.05, 4.69) is 0 Å². The Morgan fingerprint density at radius 3 is 1.86 bits per heavy atom. The Labute approximate surface area is 162 Å². The molecule has 1 aliphatic rings. The Balaban J connectivity index is 1.93. The lowest BCUT2D eigenvalue weighted by Gasteiger charge is -2.28. The summed E-state index contributed by atoms with van der Waals surface area (Å²) in [6.45, 7) is 2.09. The monoisotopic (exact) mass is 424 g/mol. The molecule has 0 aliphatic carbocycles. The summed E-state index contributed by atoms with van der Waals surface area (Å²) in [6.07, 6.45) is 0.724. The van der Waals surface area contributed by atoms with Gasteiger partial charge in [-0.15, -0.1) is 0 Å². The van der Waals surface area contributed by atoms with Gasteiger partial charge in [0.2, 0.25) is 0 Å². The summed E-state index contributed by atoms with van der Waals surface area (Å²) in [6, 6.07) is 0. The van der Waals surface area contributed by atoms with Crippen molar-refractivity contribution in [1.82, 2.24) is 0 Å². The van der Waals surface area contributed by atoms with Crippen LogP contribution in [0.3, 0.4) is 0 Å². The van der Waals surface area contributed by atoms with E-state index < -0.39 is 24.4 Å². The van der Waals surface area contributed by atoms with Crippen LogP contribution in [0.4, 0.5) is 30.7 Å². The Kier molecular flexibility index (Phi) is 11.1. The molecule has 1 unspecified atom stereocenters. The first-order valence-electron chi connectivity index (χ1n) is 10.1. The van der Waals surface area contributed by atoms with E-state index >= 15 is 0 Å². The maximum absolute atomic E-state index is 13.1. The minimum atomic E-state index is -6.23. The lowest BCUT2D eigenvalue weighted by Crippen LogP contribution is -2.51. The van der Waals surface area contributed by atoms with Crippen LogP contribution in [-0.4, -0.2) is 43.9 Å². The number of hydrogen-bond donors (Lipinski definition) is 0. The summed E-state index contributed by atoms with van der Waals surface area (Å²) in [4.78, 5) is 0. The molecule has 0 radical (unpaired) electrons. The average molecular weight is 424 g/mol. The first-order valence-corrected chi connectivity index (χ1v) is 10.1. The quantitative estimate of drug-likeness (QED) is 0.223. The highest BCUT2D eigenvalue weighted by atomic mass is 19.4. The van der Waals surface area contributed by atoms with E-state index in [1.807, 2.05) is 0 Å². The van der Waals surface area contributed by atoms with Crippen LogP contribution in [0.25, 0.3) is 0 Å². The molecule has 0 saturated carbocycles. The Morgan fingerprint density at radius 1 is 0.750 bits per heavy atom. The van der Waals surface area contributed by atoms with Gasteiger partial charge in [0.05, 0.1) is 12.7 Å². The zero-order valence-corrected chi connectivity index (χ0v) is 16.1. The molecule has 28 heavy (non-hydrogen) atoms. The van der Waals surface area contributed by atoms with Gasteiger partial charge in [-0.2, -0.15) is 30.7 Å². The molecule has 0 spiro atoms. The van der Waals surface area contributed by atoms with Crippen molar-refractivity contribution in [2.24, 2.45) is 0 Å². The van der Waals surface area contributed by atoms with Crippen LogP contribution < -0.4 is 0 Å². The third-order valence-corrected chi connectivity index (χ3v) is 4.92. The number of halogens is 7. The number of alkyl halides is 7. The predicted octanol–water partition coefficient (Wildman–Crippen LogP) is 6.92. The van der Waals surface area contributed by atoms with Gasteiger partial charge >= 0.3 is 18.0 Å². The summed E-state index contributed by atoms with van der Waals surface area (Å²) in [5, 5.41) is 0. The molecule has 2 nitrogen and oxygen atoms in total. The highest BCUT2D eigenvalue weighted by Crippen LogP contribution is 2.48. The Hall–Kier alpha value is -0.570. The average Bonchev–Trinajstić information content (AvgIpc) is 2.62. The normalized spacial score (nSPS) is 19.2. The van der Waals surface area contributed by atoms with E-state index in [-0.39, 0.29) is 18.9 Å². The third kappa shape index (κ3) is 8.84. The molecule has 1 aliphatic heterocycles. The first-order chi connectivity index (χ1) is 13.1.